The van der Waals surface area contributed by atoms with Gasteiger partial charge in [-0.3, -0.25) is 15.6 Å². The van der Waals surface area contributed by atoms with Gasteiger partial charge >= 0.3 is 5.63 Å². The van der Waals surface area contributed by atoms with Crippen molar-refractivity contribution in [3.05, 3.63) is 46.3 Å². The second kappa shape index (κ2) is 6.15. The number of benzene rings is 1. The Morgan fingerprint density at radius 3 is 2.55 bits per heavy atom. The summed E-state index contributed by atoms with van der Waals surface area (Å²) in [5.41, 5.74) is 4.33. The minimum atomic E-state index is -0.701. The second-order valence-electron chi connectivity index (χ2n) is 5.77. The number of fused-ring (bicyclic) bond motifs is 1. The number of rotatable bonds is 1. The van der Waals surface area contributed by atoms with Crippen LogP contribution >= 0.6 is 12.2 Å². The molecule has 22 heavy (non-hydrogen) atoms. The summed E-state index contributed by atoms with van der Waals surface area (Å²) >= 11 is 5.04. The van der Waals surface area contributed by atoms with Crippen molar-refractivity contribution >= 4 is 34.2 Å². The number of hydrogen-bond acceptors (Lipinski definition) is 4. The Morgan fingerprint density at radius 2 is 1.86 bits per heavy atom. The lowest BCUT2D eigenvalue weighted by atomic mass is 10.1. The molecule has 0 unspecified atom stereocenters. The predicted octanol–water partition coefficient (Wildman–Crippen LogP) is 1.70. The Morgan fingerprint density at radius 1 is 1.18 bits per heavy atom. The molecule has 2 aromatic rings. The third-order valence-electron chi connectivity index (χ3n) is 2.66. The number of amides is 1. The number of hydrogen-bond donors (Lipinski definition) is 3. The molecule has 1 aromatic heterocycles. The van der Waals surface area contributed by atoms with Gasteiger partial charge in [0.15, 0.2) is 5.11 Å². The van der Waals surface area contributed by atoms with Crippen LogP contribution in [0.2, 0.25) is 0 Å². The molecule has 0 spiro atoms. The molecule has 1 heterocycles. The third kappa shape index (κ3) is 4.05. The van der Waals surface area contributed by atoms with Gasteiger partial charge in [0.25, 0.3) is 5.91 Å². The number of carbonyl (C=O) groups excluding carboxylic acids is 1. The van der Waals surface area contributed by atoms with E-state index in [0.29, 0.717) is 11.0 Å². The highest BCUT2D eigenvalue weighted by molar-refractivity contribution is 7.80. The van der Waals surface area contributed by atoms with Gasteiger partial charge in [-0.25, -0.2) is 4.79 Å². The average molecular weight is 319 g/mol. The van der Waals surface area contributed by atoms with Crippen LogP contribution in [-0.4, -0.2) is 16.6 Å². The van der Waals surface area contributed by atoms with Crippen LogP contribution in [0.1, 0.15) is 31.1 Å². The van der Waals surface area contributed by atoms with Crippen molar-refractivity contribution in [3.8, 4) is 0 Å². The smallest absolute Gasteiger partial charge is 0.349 e. The van der Waals surface area contributed by atoms with Crippen molar-refractivity contribution in [1.82, 2.24) is 16.2 Å². The predicted molar refractivity (Wildman–Crippen MR) is 88.6 cm³/mol. The van der Waals surface area contributed by atoms with Crippen molar-refractivity contribution in [2.75, 3.05) is 0 Å². The summed E-state index contributed by atoms with van der Waals surface area (Å²) in [7, 11) is 0. The van der Waals surface area contributed by atoms with Gasteiger partial charge in [-0.2, -0.15) is 0 Å². The summed E-state index contributed by atoms with van der Waals surface area (Å²) in [6, 6.07) is 8.46. The molecule has 1 aromatic carbocycles. The molecule has 0 saturated carbocycles. The lowest BCUT2D eigenvalue weighted by Crippen LogP contribution is -2.52. The van der Waals surface area contributed by atoms with E-state index < -0.39 is 11.5 Å². The van der Waals surface area contributed by atoms with Crippen LogP contribution in [0, 0.1) is 0 Å². The van der Waals surface area contributed by atoms with Gasteiger partial charge in [0.05, 0.1) is 0 Å². The van der Waals surface area contributed by atoms with Crippen molar-refractivity contribution in [3.63, 3.8) is 0 Å². The van der Waals surface area contributed by atoms with Gasteiger partial charge in [0.2, 0.25) is 0 Å². The third-order valence-corrected chi connectivity index (χ3v) is 2.87. The maximum Gasteiger partial charge on any atom is 0.349 e. The standard InChI is InChI=1S/C15H17N3O3S/c1-15(2,3)16-14(22)18-17-12(19)10-8-9-6-4-5-7-11(9)21-13(10)20/h4-8H,1-3H3,(H,17,19)(H2,16,18,22). The lowest BCUT2D eigenvalue weighted by molar-refractivity contribution is 0.0940. The van der Waals surface area contributed by atoms with Gasteiger partial charge in [-0.05, 0) is 45.1 Å². The highest BCUT2D eigenvalue weighted by atomic mass is 32.1. The van der Waals surface area contributed by atoms with E-state index in [0.717, 1.165) is 0 Å². The zero-order chi connectivity index (χ0) is 16.3. The van der Waals surface area contributed by atoms with Gasteiger partial charge in [0.1, 0.15) is 11.1 Å². The van der Waals surface area contributed by atoms with E-state index in [1.807, 2.05) is 20.8 Å². The van der Waals surface area contributed by atoms with Crippen molar-refractivity contribution in [1.29, 1.82) is 0 Å². The first-order valence-electron chi connectivity index (χ1n) is 6.68. The summed E-state index contributed by atoms with van der Waals surface area (Å²) < 4.78 is 5.11. The molecule has 1 amide bonds. The molecule has 7 heteroatoms. The molecule has 3 N–H and O–H groups in total. The number of para-hydroxylation sites is 1. The molecular weight excluding hydrogens is 302 g/mol. The largest absolute Gasteiger partial charge is 0.422 e. The monoisotopic (exact) mass is 319 g/mol. The van der Waals surface area contributed by atoms with E-state index in [1.165, 1.54) is 6.07 Å². The Balaban J connectivity index is 2.12. The van der Waals surface area contributed by atoms with E-state index in [9.17, 15) is 9.59 Å². The molecule has 0 aliphatic heterocycles. The zero-order valence-electron chi connectivity index (χ0n) is 12.5. The van der Waals surface area contributed by atoms with Crippen LogP contribution in [0.5, 0.6) is 0 Å². The molecule has 0 fully saturated rings. The quantitative estimate of drug-likeness (QED) is 0.421. The molecule has 2 rings (SSSR count). The molecule has 0 saturated heterocycles. The first-order chi connectivity index (χ1) is 10.3. The Hall–Kier alpha value is -2.41. The molecule has 0 aliphatic carbocycles. The van der Waals surface area contributed by atoms with Gasteiger partial charge in [0, 0.05) is 10.9 Å². The average Bonchev–Trinajstić information content (AvgIpc) is 2.42. The highest BCUT2D eigenvalue weighted by Crippen LogP contribution is 2.12. The van der Waals surface area contributed by atoms with E-state index in [1.54, 1.807) is 24.3 Å². The van der Waals surface area contributed by atoms with Gasteiger partial charge in [-0.1, -0.05) is 18.2 Å². The molecular formula is C15H17N3O3S. The van der Waals surface area contributed by atoms with Crippen LogP contribution in [0.25, 0.3) is 11.0 Å². The van der Waals surface area contributed by atoms with Crippen molar-refractivity contribution < 1.29 is 9.21 Å². The molecule has 6 nitrogen and oxygen atoms in total. The fraction of sp³-hybridized carbons (Fsp3) is 0.267. The summed E-state index contributed by atoms with van der Waals surface area (Å²) in [5, 5.41) is 3.90. The molecule has 0 atom stereocenters. The van der Waals surface area contributed by atoms with Crippen molar-refractivity contribution in [2.24, 2.45) is 0 Å². The van der Waals surface area contributed by atoms with Gasteiger partial charge in [-0.15, -0.1) is 0 Å². The van der Waals surface area contributed by atoms with E-state index in [4.69, 9.17) is 16.6 Å². The maximum absolute atomic E-state index is 12.1. The normalized spacial score (nSPS) is 11.0. The van der Waals surface area contributed by atoms with Crippen LogP contribution in [0.4, 0.5) is 0 Å². The molecule has 0 radical (unpaired) electrons. The summed E-state index contributed by atoms with van der Waals surface area (Å²) in [6.45, 7) is 5.79. The fourth-order valence-electron chi connectivity index (χ4n) is 1.77. The SMILES string of the molecule is CC(C)(C)NC(=S)NNC(=O)c1cc2ccccc2oc1=O. The van der Waals surface area contributed by atoms with E-state index in [-0.39, 0.29) is 16.2 Å². The lowest BCUT2D eigenvalue weighted by Gasteiger charge is -2.23. The first-order valence-corrected chi connectivity index (χ1v) is 7.08. The number of hydrazine groups is 1. The number of carbonyl (C=O) groups is 1. The number of nitrogens with one attached hydrogen (secondary N) is 3. The summed E-state index contributed by atoms with van der Waals surface area (Å²) in [4.78, 5) is 23.9. The van der Waals surface area contributed by atoms with E-state index in [2.05, 4.69) is 16.2 Å². The summed E-state index contributed by atoms with van der Waals surface area (Å²) in [5.74, 6) is -0.613. The fourth-order valence-corrected chi connectivity index (χ4v) is 2.13. The highest BCUT2D eigenvalue weighted by Gasteiger charge is 2.15. The van der Waals surface area contributed by atoms with Gasteiger partial charge < -0.3 is 9.73 Å². The van der Waals surface area contributed by atoms with Crippen LogP contribution in [0.3, 0.4) is 0 Å². The maximum atomic E-state index is 12.1. The minimum absolute atomic E-state index is 0.0928. The summed E-state index contributed by atoms with van der Waals surface area (Å²) in [6.07, 6.45) is 0. The Bertz CT molecular complexity index is 777. The Labute approximate surface area is 132 Å². The second-order valence-corrected chi connectivity index (χ2v) is 6.18. The van der Waals surface area contributed by atoms with Crippen LogP contribution < -0.4 is 21.8 Å². The topological polar surface area (TPSA) is 83.4 Å². The van der Waals surface area contributed by atoms with Crippen LogP contribution in [0.15, 0.2) is 39.5 Å². The Kier molecular flexibility index (Phi) is 4.46. The first kappa shape index (κ1) is 16.0. The zero-order valence-corrected chi connectivity index (χ0v) is 13.3. The van der Waals surface area contributed by atoms with Crippen molar-refractivity contribution in [2.45, 2.75) is 26.3 Å². The number of thiocarbonyl (C=S) groups is 1. The van der Waals surface area contributed by atoms with E-state index >= 15 is 0 Å². The molecule has 0 bridgehead atoms. The van der Waals surface area contributed by atoms with Crippen LogP contribution in [-0.2, 0) is 0 Å². The minimum Gasteiger partial charge on any atom is -0.422 e. The molecule has 0 aliphatic rings. The molecule has 116 valence electrons.